The van der Waals surface area contributed by atoms with Crippen LogP contribution in [0.5, 0.6) is 5.75 Å². The highest BCUT2D eigenvalue weighted by atomic mass is 16.6. The average Bonchev–Trinajstić information content (AvgIpc) is 3.25. The van der Waals surface area contributed by atoms with Crippen LogP contribution in [0.4, 0.5) is 4.79 Å². The van der Waals surface area contributed by atoms with Crippen LogP contribution in [0, 0.1) is 6.92 Å². The van der Waals surface area contributed by atoms with Crippen molar-refractivity contribution in [3.63, 3.8) is 0 Å². The van der Waals surface area contributed by atoms with Crippen molar-refractivity contribution in [3.05, 3.63) is 65.6 Å². The van der Waals surface area contributed by atoms with Gasteiger partial charge in [-0.25, -0.2) is 9.78 Å². The number of carbonyl (C=O) groups is 2. The van der Waals surface area contributed by atoms with Crippen molar-refractivity contribution < 1.29 is 19.1 Å². The minimum atomic E-state index is -0.322. The van der Waals surface area contributed by atoms with Crippen molar-refractivity contribution >= 4 is 17.6 Å². The number of hydrogen-bond acceptors (Lipinski definition) is 5. The van der Waals surface area contributed by atoms with Gasteiger partial charge in [-0.05, 0) is 37.6 Å². The van der Waals surface area contributed by atoms with E-state index in [1.54, 1.807) is 18.9 Å². The number of benzene rings is 1. The lowest BCUT2D eigenvalue weighted by molar-refractivity contribution is -0.133. The molecule has 0 saturated carbocycles. The molecule has 174 valence electrons. The van der Waals surface area contributed by atoms with Crippen LogP contribution in [0.15, 0.2) is 48.8 Å². The van der Waals surface area contributed by atoms with Crippen molar-refractivity contribution in [1.82, 2.24) is 19.2 Å². The molecular formula is C25H30N4O4. The Morgan fingerprint density at radius 1 is 1.09 bits per heavy atom. The fourth-order valence-corrected chi connectivity index (χ4v) is 4.34. The van der Waals surface area contributed by atoms with Gasteiger partial charge in [0.1, 0.15) is 11.4 Å². The zero-order valence-corrected chi connectivity index (χ0v) is 19.4. The molecule has 0 N–H and O–H groups in total. The van der Waals surface area contributed by atoms with Gasteiger partial charge in [-0.15, -0.1) is 0 Å². The van der Waals surface area contributed by atoms with Crippen LogP contribution in [0.1, 0.15) is 36.1 Å². The van der Waals surface area contributed by atoms with Gasteiger partial charge in [0.05, 0.1) is 19.4 Å². The molecule has 3 aromatic rings. The molecule has 0 spiro atoms. The lowest BCUT2D eigenvalue weighted by Gasteiger charge is -2.34. The molecule has 1 atom stereocenters. The highest BCUT2D eigenvalue weighted by molar-refractivity contribution is 5.78. The van der Waals surface area contributed by atoms with Crippen molar-refractivity contribution in [1.29, 1.82) is 0 Å². The number of hydrogen-bond donors (Lipinski definition) is 0. The van der Waals surface area contributed by atoms with Crippen LogP contribution >= 0.6 is 0 Å². The van der Waals surface area contributed by atoms with E-state index in [2.05, 4.69) is 4.98 Å². The predicted molar refractivity (Wildman–Crippen MR) is 125 cm³/mol. The molecule has 8 nitrogen and oxygen atoms in total. The number of amides is 2. The van der Waals surface area contributed by atoms with Gasteiger partial charge in [0.2, 0.25) is 5.91 Å². The summed E-state index contributed by atoms with van der Waals surface area (Å²) in [6.07, 6.45) is 3.80. The van der Waals surface area contributed by atoms with Gasteiger partial charge in [-0.2, -0.15) is 0 Å². The molecule has 1 aliphatic rings. The Hall–Kier alpha value is -3.55. The minimum absolute atomic E-state index is 0.0384. The summed E-state index contributed by atoms with van der Waals surface area (Å²) < 4.78 is 12.8. The van der Waals surface area contributed by atoms with Crippen molar-refractivity contribution in [2.45, 2.75) is 26.2 Å². The molecule has 3 heterocycles. The monoisotopic (exact) mass is 450 g/mol. The van der Waals surface area contributed by atoms with E-state index in [9.17, 15) is 9.59 Å². The number of aryl methyl sites for hydroxylation is 1. The third kappa shape index (κ3) is 4.79. The summed E-state index contributed by atoms with van der Waals surface area (Å²) in [5.41, 5.74) is 3.86. The van der Waals surface area contributed by atoms with Crippen LogP contribution in [-0.2, 0) is 9.53 Å². The van der Waals surface area contributed by atoms with Gasteiger partial charge in [0, 0.05) is 56.5 Å². The summed E-state index contributed by atoms with van der Waals surface area (Å²) in [5, 5.41) is 0. The molecule has 0 radical (unpaired) electrons. The lowest BCUT2D eigenvalue weighted by atomic mass is 9.91. The van der Waals surface area contributed by atoms with E-state index in [0.29, 0.717) is 32.8 Å². The van der Waals surface area contributed by atoms with Crippen LogP contribution in [0.2, 0.25) is 0 Å². The quantitative estimate of drug-likeness (QED) is 0.575. The number of para-hydroxylation sites is 1. The fourth-order valence-electron chi connectivity index (χ4n) is 4.34. The van der Waals surface area contributed by atoms with Crippen LogP contribution in [0.25, 0.3) is 5.65 Å². The highest BCUT2D eigenvalue weighted by Crippen LogP contribution is 2.35. The Morgan fingerprint density at radius 2 is 1.82 bits per heavy atom. The SMILES string of the molecule is CCOC(=O)N1CCN(C(=O)CC(c2ccccc2OC)c2cnc3cc(C)ccn23)CC1. The summed E-state index contributed by atoms with van der Waals surface area (Å²) in [6, 6.07) is 11.9. The standard InChI is InChI=1S/C25H30N4O4/c1-4-33-25(31)28-13-11-27(12-14-28)24(30)16-20(19-7-5-6-8-22(19)32-3)21-17-26-23-15-18(2)9-10-29(21)23/h5-10,15,17,20H,4,11-14,16H2,1-3H3. The van der Waals surface area contributed by atoms with E-state index in [1.807, 2.05) is 65.0 Å². The van der Waals surface area contributed by atoms with E-state index in [1.165, 1.54) is 0 Å². The molecule has 4 rings (SSSR count). The molecule has 1 saturated heterocycles. The van der Waals surface area contributed by atoms with Gasteiger partial charge in [-0.3, -0.25) is 4.79 Å². The summed E-state index contributed by atoms with van der Waals surface area (Å²) >= 11 is 0. The molecule has 8 heteroatoms. The van der Waals surface area contributed by atoms with E-state index < -0.39 is 0 Å². The predicted octanol–water partition coefficient (Wildman–Crippen LogP) is 3.47. The zero-order valence-electron chi connectivity index (χ0n) is 19.4. The molecule has 33 heavy (non-hydrogen) atoms. The van der Waals surface area contributed by atoms with E-state index in [-0.39, 0.29) is 24.3 Å². The van der Waals surface area contributed by atoms with Crippen molar-refractivity contribution in [2.24, 2.45) is 0 Å². The first-order valence-corrected chi connectivity index (χ1v) is 11.3. The number of aromatic nitrogens is 2. The van der Waals surface area contributed by atoms with Gasteiger partial charge in [0.25, 0.3) is 0 Å². The maximum Gasteiger partial charge on any atom is 0.409 e. The summed E-state index contributed by atoms with van der Waals surface area (Å²) in [7, 11) is 1.64. The molecule has 1 fully saturated rings. The average molecular weight is 451 g/mol. The molecular weight excluding hydrogens is 420 g/mol. The molecule has 1 aliphatic heterocycles. The van der Waals surface area contributed by atoms with Gasteiger partial charge in [0.15, 0.2) is 0 Å². The lowest BCUT2D eigenvalue weighted by Crippen LogP contribution is -2.51. The second kappa shape index (κ2) is 9.94. The summed E-state index contributed by atoms with van der Waals surface area (Å²) in [6.45, 7) is 6.09. The Morgan fingerprint density at radius 3 is 2.55 bits per heavy atom. The number of pyridine rings is 1. The second-order valence-corrected chi connectivity index (χ2v) is 8.18. The van der Waals surface area contributed by atoms with Gasteiger partial charge >= 0.3 is 6.09 Å². The summed E-state index contributed by atoms with van der Waals surface area (Å²) in [4.78, 5) is 33.4. The number of methoxy groups -OCH3 is 1. The van der Waals surface area contributed by atoms with Crippen molar-refractivity contribution in [2.75, 3.05) is 39.9 Å². The minimum Gasteiger partial charge on any atom is -0.496 e. The number of fused-ring (bicyclic) bond motifs is 1. The smallest absolute Gasteiger partial charge is 0.409 e. The first-order chi connectivity index (χ1) is 16.0. The largest absolute Gasteiger partial charge is 0.496 e. The first kappa shape index (κ1) is 22.6. The maximum atomic E-state index is 13.4. The number of nitrogens with zero attached hydrogens (tertiary/aromatic N) is 4. The number of rotatable bonds is 6. The topological polar surface area (TPSA) is 76.4 Å². The zero-order chi connectivity index (χ0) is 23.4. The third-order valence-electron chi connectivity index (χ3n) is 6.11. The van der Waals surface area contributed by atoms with E-state index >= 15 is 0 Å². The van der Waals surface area contributed by atoms with Gasteiger partial charge < -0.3 is 23.7 Å². The second-order valence-electron chi connectivity index (χ2n) is 8.18. The van der Waals surface area contributed by atoms with E-state index in [4.69, 9.17) is 9.47 Å². The molecule has 0 aliphatic carbocycles. The number of ether oxygens (including phenoxy) is 2. The van der Waals surface area contributed by atoms with E-state index in [0.717, 1.165) is 28.2 Å². The van der Waals surface area contributed by atoms with Gasteiger partial charge in [-0.1, -0.05) is 18.2 Å². The normalized spacial score (nSPS) is 14.9. The molecule has 2 amide bonds. The first-order valence-electron chi connectivity index (χ1n) is 11.3. The number of carbonyl (C=O) groups excluding carboxylic acids is 2. The molecule has 2 aromatic heterocycles. The fraction of sp³-hybridized carbons (Fsp3) is 0.400. The van der Waals surface area contributed by atoms with Crippen LogP contribution < -0.4 is 4.74 Å². The summed E-state index contributed by atoms with van der Waals surface area (Å²) in [5.74, 6) is 0.551. The molecule has 0 bridgehead atoms. The van der Waals surface area contributed by atoms with Crippen LogP contribution in [-0.4, -0.2) is 71.1 Å². The maximum absolute atomic E-state index is 13.4. The number of imidazole rings is 1. The van der Waals surface area contributed by atoms with Crippen LogP contribution in [0.3, 0.4) is 0 Å². The number of piperazine rings is 1. The molecule has 1 aromatic carbocycles. The highest BCUT2D eigenvalue weighted by Gasteiger charge is 2.29. The Balaban J connectivity index is 1.60. The third-order valence-corrected chi connectivity index (χ3v) is 6.11. The Labute approximate surface area is 193 Å². The Kier molecular flexibility index (Phi) is 6.82. The van der Waals surface area contributed by atoms with Crippen molar-refractivity contribution in [3.8, 4) is 5.75 Å². The molecule has 1 unspecified atom stereocenters. The Bertz CT molecular complexity index is 1130.